The number of amides is 1. The van der Waals surface area contributed by atoms with Crippen LogP contribution >= 0.6 is 0 Å². The van der Waals surface area contributed by atoms with Crippen LogP contribution in [0.15, 0.2) is 30.3 Å². The van der Waals surface area contributed by atoms with E-state index in [1.807, 2.05) is 0 Å². The highest BCUT2D eigenvalue weighted by Crippen LogP contribution is 2.43. The lowest BCUT2D eigenvalue weighted by atomic mass is 9.64. The maximum Gasteiger partial charge on any atom is 0.225 e. The van der Waals surface area contributed by atoms with Crippen molar-refractivity contribution in [3.05, 3.63) is 35.9 Å². The first-order valence-corrected chi connectivity index (χ1v) is 6.84. The number of hydrogen-bond donors (Lipinski definition) is 2. The zero-order valence-electron chi connectivity index (χ0n) is 10.6. The molecule has 3 rings (SSSR count). The molecule has 2 N–H and O–H groups in total. The van der Waals surface area contributed by atoms with Gasteiger partial charge in [0.1, 0.15) is 0 Å². The van der Waals surface area contributed by atoms with Crippen molar-refractivity contribution in [1.82, 2.24) is 10.6 Å². The van der Waals surface area contributed by atoms with Crippen molar-refractivity contribution in [3.8, 4) is 0 Å². The number of carbonyl (C=O) groups is 1. The van der Waals surface area contributed by atoms with Crippen LogP contribution in [0.3, 0.4) is 0 Å². The summed E-state index contributed by atoms with van der Waals surface area (Å²) in [4.78, 5) is 11.9. The third-order valence-corrected chi connectivity index (χ3v) is 4.45. The van der Waals surface area contributed by atoms with E-state index in [9.17, 15) is 4.79 Å². The molecule has 1 aliphatic heterocycles. The molecule has 18 heavy (non-hydrogen) atoms. The van der Waals surface area contributed by atoms with Crippen molar-refractivity contribution in [2.24, 2.45) is 5.92 Å². The Morgan fingerprint density at radius 2 is 2.00 bits per heavy atom. The highest BCUT2D eigenvalue weighted by Gasteiger charge is 2.39. The number of rotatable bonds is 4. The third kappa shape index (κ3) is 2.03. The van der Waals surface area contributed by atoms with Crippen molar-refractivity contribution in [1.29, 1.82) is 0 Å². The molecular formula is C15H20N2O. The number of nitrogens with one attached hydrogen (secondary N) is 2. The molecule has 0 unspecified atom stereocenters. The second-order valence-corrected chi connectivity index (χ2v) is 5.57. The van der Waals surface area contributed by atoms with Gasteiger partial charge in [0.05, 0.1) is 5.92 Å². The van der Waals surface area contributed by atoms with Crippen molar-refractivity contribution < 1.29 is 4.79 Å². The minimum Gasteiger partial charge on any atom is -0.355 e. The van der Waals surface area contributed by atoms with Gasteiger partial charge in [0, 0.05) is 25.0 Å². The molecule has 1 saturated heterocycles. The normalized spacial score (nSPS) is 21.8. The van der Waals surface area contributed by atoms with Gasteiger partial charge in [-0.3, -0.25) is 4.79 Å². The number of carbonyl (C=O) groups excluding carboxylic acids is 1. The summed E-state index contributed by atoms with van der Waals surface area (Å²) >= 11 is 0. The first-order chi connectivity index (χ1) is 8.80. The molecule has 0 aromatic heterocycles. The summed E-state index contributed by atoms with van der Waals surface area (Å²) in [5.74, 6) is 0.411. The van der Waals surface area contributed by atoms with E-state index in [1.54, 1.807) is 0 Å². The zero-order valence-corrected chi connectivity index (χ0v) is 10.6. The highest BCUT2D eigenvalue weighted by molar-refractivity contribution is 5.80. The average Bonchev–Trinajstić information content (AvgIpc) is 2.26. The fourth-order valence-electron chi connectivity index (χ4n) is 2.84. The molecule has 0 atom stereocenters. The molecule has 1 saturated carbocycles. The molecule has 96 valence electrons. The monoisotopic (exact) mass is 244 g/mol. The van der Waals surface area contributed by atoms with Gasteiger partial charge in [-0.05, 0) is 18.4 Å². The van der Waals surface area contributed by atoms with Gasteiger partial charge in [-0.25, -0.2) is 0 Å². The van der Waals surface area contributed by atoms with Gasteiger partial charge < -0.3 is 10.6 Å². The Kier molecular flexibility index (Phi) is 3.08. The van der Waals surface area contributed by atoms with Gasteiger partial charge in [0.2, 0.25) is 5.91 Å². The minimum absolute atomic E-state index is 0.192. The van der Waals surface area contributed by atoms with Crippen molar-refractivity contribution in [2.75, 3.05) is 19.6 Å². The summed E-state index contributed by atoms with van der Waals surface area (Å²) in [7, 11) is 0. The van der Waals surface area contributed by atoms with Crippen molar-refractivity contribution in [3.63, 3.8) is 0 Å². The lowest BCUT2D eigenvalue weighted by Crippen LogP contribution is -2.54. The predicted octanol–water partition coefficient (Wildman–Crippen LogP) is 1.44. The van der Waals surface area contributed by atoms with Crippen LogP contribution in [0.4, 0.5) is 0 Å². The molecule has 1 amide bonds. The number of benzene rings is 1. The first kappa shape index (κ1) is 11.7. The molecule has 1 aromatic carbocycles. The van der Waals surface area contributed by atoms with E-state index in [4.69, 9.17) is 0 Å². The van der Waals surface area contributed by atoms with Gasteiger partial charge in [0.15, 0.2) is 0 Å². The van der Waals surface area contributed by atoms with E-state index in [0.29, 0.717) is 0 Å². The maximum atomic E-state index is 11.9. The van der Waals surface area contributed by atoms with Gasteiger partial charge in [-0.15, -0.1) is 0 Å². The Bertz CT molecular complexity index is 421. The van der Waals surface area contributed by atoms with Gasteiger partial charge in [-0.1, -0.05) is 36.8 Å². The SMILES string of the molecule is O=C(NCC1(c2ccccc2)CCC1)C1CNC1. The van der Waals surface area contributed by atoms with E-state index in [2.05, 4.69) is 41.0 Å². The van der Waals surface area contributed by atoms with Gasteiger partial charge >= 0.3 is 0 Å². The molecule has 0 spiro atoms. The van der Waals surface area contributed by atoms with Crippen LogP contribution < -0.4 is 10.6 Å². The molecule has 0 bridgehead atoms. The van der Waals surface area contributed by atoms with Crippen LogP contribution in [-0.2, 0) is 10.2 Å². The largest absolute Gasteiger partial charge is 0.355 e. The Hall–Kier alpha value is -1.35. The molecule has 0 radical (unpaired) electrons. The van der Waals surface area contributed by atoms with Gasteiger partial charge in [0.25, 0.3) is 0 Å². The second-order valence-electron chi connectivity index (χ2n) is 5.57. The smallest absolute Gasteiger partial charge is 0.225 e. The Labute approximate surface area is 108 Å². The number of hydrogen-bond acceptors (Lipinski definition) is 2. The minimum atomic E-state index is 0.192. The summed E-state index contributed by atoms with van der Waals surface area (Å²) in [5.41, 5.74) is 1.58. The maximum absolute atomic E-state index is 11.9. The van der Waals surface area contributed by atoms with Crippen molar-refractivity contribution in [2.45, 2.75) is 24.7 Å². The first-order valence-electron chi connectivity index (χ1n) is 6.84. The summed E-state index contributed by atoms with van der Waals surface area (Å²) in [6.07, 6.45) is 3.66. The standard InChI is InChI=1S/C15H20N2O/c18-14(12-9-16-10-12)17-11-15(7-4-8-15)13-5-2-1-3-6-13/h1-3,5-6,12,16H,4,7-11H2,(H,17,18). The lowest BCUT2D eigenvalue weighted by molar-refractivity contribution is -0.126. The summed E-state index contributed by atoms with van der Waals surface area (Å²) in [5, 5.41) is 6.29. The summed E-state index contributed by atoms with van der Waals surface area (Å²) in [6.45, 7) is 2.47. The van der Waals surface area contributed by atoms with E-state index in [1.165, 1.54) is 24.8 Å². The Balaban J connectivity index is 1.64. The van der Waals surface area contributed by atoms with Crippen LogP contribution in [0.25, 0.3) is 0 Å². The van der Waals surface area contributed by atoms with Crippen LogP contribution in [0.1, 0.15) is 24.8 Å². The topological polar surface area (TPSA) is 41.1 Å². The zero-order chi connectivity index (χ0) is 12.4. The average molecular weight is 244 g/mol. The molecule has 3 heteroatoms. The third-order valence-electron chi connectivity index (χ3n) is 4.45. The molecule has 3 nitrogen and oxygen atoms in total. The molecule has 1 aliphatic carbocycles. The highest BCUT2D eigenvalue weighted by atomic mass is 16.2. The van der Waals surface area contributed by atoms with Crippen LogP contribution in [0.5, 0.6) is 0 Å². The fraction of sp³-hybridized carbons (Fsp3) is 0.533. The fourth-order valence-corrected chi connectivity index (χ4v) is 2.84. The Morgan fingerprint density at radius 3 is 2.50 bits per heavy atom. The van der Waals surface area contributed by atoms with E-state index in [-0.39, 0.29) is 17.2 Å². The van der Waals surface area contributed by atoms with Crippen LogP contribution in [-0.4, -0.2) is 25.5 Å². The van der Waals surface area contributed by atoms with Crippen LogP contribution in [0.2, 0.25) is 0 Å². The predicted molar refractivity (Wildman–Crippen MR) is 71.3 cm³/mol. The van der Waals surface area contributed by atoms with Crippen LogP contribution in [0, 0.1) is 5.92 Å². The van der Waals surface area contributed by atoms with Crippen molar-refractivity contribution >= 4 is 5.91 Å². The Morgan fingerprint density at radius 1 is 1.28 bits per heavy atom. The molecule has 1 heterocycles. The van der Waals surface area contributed by atoms with Gasteiger partial charge in [-0.2, -0.15) is 0 Å². The van der Waals surface area contributed by atoms with E-state index >= 15 is 0 Å². The summed E-state index contributed by atoms with van der Waals surface area (Å²) < 4.78 is 0. The second kappa shape index (κ2) is 4.73. The quantitative estimate of drug-likeness (QED) is 0.841. The molecule has 2 fully saturated rings. The molecule has 1 aromatic rings. The van der Waals surface area contributed by atoms with E-state index in [0.717, 1.165) is 19.6 Å². The molecular weight excluding hydrogens is 224 g/mol. The lowest BCUT2D eigenvalue weighted by Gasteiger charge is -2.43. The van der Waals surface area contributed by atoms with E-state index < -0.39 is 0 Å². The molecule has 2 aliphatic rings. The summed E-state index contributed by atoms with van der Waals surface area (Å²) in [6, 6.07) is 10.6.